The van der Waals surface area contributed by atoms with E-state index in [9.17, 15) is 22.8 Å². The second kappa shape index (κ2) is 6.37. The van der Waals surface area contributed by atoms with Crippen LogP contribution in [0.3, 0.4) is 0 Å². The molecule has 2 unspecified atom stereocenters. The van der Waals surface area contributed by atoms with Crippen molar-refractivity contribution < 1.29 is 27.9 Å². The monoisotopic (exact) mass is 315 g/mol. The summed E-state index contributed by atoms with van der Waals surface area (Å²) in [6.07, 6.45) is -4.94. The van der Waals surface area contributed by atoms with Gasteiger partial charge in [-0.05, 0) is 12.0 Å². The maximum absolute atomic E-state index is 13.2. The summed E-state index contributed by atoms with van der Waals surface area (Å²) in [7, 11) is 0. The molecule has 2 rings (SSSR count). The lowest BCUT2D eigenvalue weighted by molar-refractivity contribution is -0.160. The molecular weight excluding hydrogens is 299 g/mol. The van der Waals surface area contributed by atoms with Gasteiger partial charge in [0, 0.05) is 19.5 Å². The number of carboxylic acid groups (broad SMARTS) is 1. The van der Waals surface area contributed by atoms with Crippen molar-refractivity contribution in [3.05, 3.63) is 35.9 Å². The predicted octanol–water partition coefficient (Wildman–Crippen LogP) is 2.66. The van der Waals surface area contributed by atoms with Gasteiger partial charge in [0.15, 0.2) is 0 Å². The highest BCUT2D eigenvalue weighted by Crippen LogP contribution is 2.38. The molecule has 1 saturated heterocycles. The normalized spacial score (nSPS) is 20.0. The van der Waals surface area contributed by atoms with E-state index in [0.717, 1.165) is 0 Å². The Bertz CT molecular complexity index is 545. The summed E-state index contributed by atoms with van der Waals surface area (Å²) in [6.45, 7) is 0.169. The molecule has 4 nitrogen and oxygen atoms in total. The molecule has 0 bridgehead atoms. The molecule has 2 atom stereocenters. The molecule has 1 aromatic carbocycles. The number of rotatable bonds is 4. The Hall–Kier alpha value is -2.05. The van der Waals surface area contributed by atoms with Crippen LogP contribution >= 0.6 is 0 Å². The van der Waals surface area contributed by atoms with E-state index in [2.05, 4.69) is 0 Å². The second-order valence-corrected chi connectivity index (χ2v) is 5.37. The fourth-order valence-electron chi connectivity index (χ4n) is 2.60. The lowest BCUT2D eigenvalue weighted by Gasteiger charge is -2.23. The summed E-state index contributed by atoms with van der Waals surface area (Å²) in [5, 5.41) is 8.88. The molecule has 1 aromatic rings. The highest BCUT2D eigenvalue weighted by atomic mass is 19.4. The second-order valence-electron chi connectivity index (χ2n) is 5.37. The summed E-state index contributed by atoms with van der Waals surface area (Å²) in [5.74, 6) is -4.24. The van der Waals surface area contributed by atoms with Gasteiger partial charge in [-0.1, -0.05) is 30.3 Å². The van der Waals surface area contributed by atoms with E-state index in [0.29, 0.717) is 0 Å². The minimum absolute atomic E-state index is 0.0203. The highest BCUT2D eigenvalue weighted by molar-refractivity contribution is 5.79. The van der Waals surface area contributed by atoms with Crippen LogP contribution in [0.15, 0.2) is 30.3 Å². The number of carbonyl (C=O) groups is 2. The van der Waals surface area contributed by atoms with Crippen molar-refractivity contribution in [3.8, 4) is 0 Å². The molecule has 22 heavy (non-hydrogen) atoms. The number of hydrogen-bond donors (Lipinski definition) is 1. The molecule has 1 N–H and O–H groups in total. The molecule has 0 spiro atoms. The molecule has 0 aromatic heterocycles. The number of hydrogen-bond acceptors (Lipinski definition) is 2. The topological polar surface area (TPSA) is 57.6 Å². The van der Waals surface area contributed by atoms with Crippen molar-refractivity contribution in [3.63, 3.8) is 0 Å². The van der Waals surface area contributed by atoms with E-state index in [1.807, 2.05) is 0 Å². The maximum atomic E-state index is 13.2. The summed E-state index contributed by atoms with van der Waals surface area (Å²) < 4.78 is 39.6. The number of alkyl halides is 3. The van der Waals surface area contributed by atoms with Crippen LogP contribution in [0.2, 0.25) is 0 Å². The molecule has 1 aliphatic heterocycles. The van der Waals surface area contributed by atoms with E-state index >= 15 is 0 Å². The summed E-state index contributed by atoms with van der Waals surface area (Å²) in [5.41, 5.74) is 0.0392. The van der Waals surface area contributed by atoms with Crippen LogP contribution in [0.25, 0.3) is 0 Å². The van der Waals surface area contributed by atoms with Crippen LogP contribution in [0.1, 0.15) is 24.3 Å². The van der Waals surface area contributed by atoms with Gasteiger partial charge in [0.05, 0.1) is 11.8 Å². The van der Waals surface area contributed by atoms with E-state index in [4.69, 9.17) is 5.11 Å². The smallest absolute Gasteiger partial charge is 0.396 e. The largest absolute Gasteiger partial charge is 0.481 e. The molecule has 0 saturated carbocycles. The van der Waals surface area contributed by atoms with E-state index < -0.39 is 36.3 Å². The van der Waals surface area contributed by atoms with Crippen molar-refractivity contribution in [1.29, 1.82) is 0 Å². The third-order valence-electron chi connectivity index (χ3n) is 3.87. The Morgan fingerprint density at radius 1 is 1.27 bits per heavy atom. The molecule has 0 radical (unpaired) electrons. The van der Waals surface area contributed by atoms with Crippen LogP contribution in [0, 0.1) is 5.92 Å². The summed E-state index contributed by atoms with van der Waals surface area (Å²) >= 11 is 0. The average molecular weight is 315 g/mol. The molecule has 7 heteroatoms. The molecule has 0 aliphatic carbocycles. The van der Waals surface area contributed by atoms with Crippen LogP contribution in [-0.4, -0.2) is 41.1 Å². The van der Waals surface area contributed by atoms with Gasteiger partial charge < -0.3 is 10.0 Å². The summed E-state index contributed by atoms with van der Waals surface area (Å²) in [4.78, 5) is 24.1. The van der Waals surface area contributed by atoms with Crippen molar-refractivity contribution in [1.82, 2.24) is 4.90 Å². The number of benzene rings is 1. The van der Waals surface area contributed by atoms with Crippen molar-refractivity contribution in [2.45, 2.75) is 24.9 Å². The standard InChI is InChI=1S/C15H16F3NO3/c16-15(17,18)12(10-4-2-1-3-5-10)8-13(20)19-7-6-11(9-19)14(21)22/h1-5,11-12H,6-9H2,(H,21,22). The lowest BCUT2D eigenvalue weighted by Crippen LogP contribution is -2.34. The third-order valence-corrected chi connectivity index (χ3v) is 3.87. The van der Waals surface area contributed by atoms with E-state index in [-0.39, 0.29) is 25.1 Å². The van der Waals surface area contributed by atoms with Gasteiger partial charge >= 0.3 is 12.1 Å². The zero-order valence-corrected chi connectivity index (χ0v) is 11.7. The maximum Gasteiger partial charge on any atom is 0.396 e. The highest BCUT2D eigenvalue weighted by Gasteiger charge is 2.43. The number of aliphatic carboxylic acids is 1. The molecule has 1 heterocycles. The first kappa shape index (κ1) is 16.3. The first-order chi connectivity index (χ1) is 10.3. The molecular formula is C15H16F3NO3. The SMILES string of the molecule is O=C(O)C1CCN(C(=O)CC(c2ccccc2)C(F)(F)F)C1. The Labute approximate surface area is 125 Å². The minimum atomic E-state index is -4.52. The first-order valence-electron chi connectivity index (χ1n) is 6.91. The Morgan fingerprint density at radius 3 is 2.41 bits per heavy atom. The lowest BCUT2D eigenvalue weighted by atomic mass is 9.94. The predicted molar refractivity (Wildman–Crippen MR) is 72.2 cm³/mol. The number of nitrogens with zero attached hydrogens (tertiary/aromatic N) is 1. The van der Waals surface area contributed by atoms with Gasteiger partial charge in [-0.15, -0.1) is 0 Å². The fraction of sp³-hybridized carbons (Fsp3) is 0.467. The molecule has 120 valence electrons. The fourth-order valence-corrected chi connectivity index (χ4v) is 2.60. The quantitative estimate of drug-likeness (QED) is 0.929. The number of halogens is 3. The van der Waals surface area contributed by atoms with Gasteiger partial charge in [0.1, 0.15) is 0 Å². The zero-order chi connectivity index (χ0) is 16.3. The van der Waals surface area contributed by atoms with Gasteiger partial charge in [-0.3, -0.25) is 9.59 Å². The Morgan fingerprint density at radius 2 is 1.91 bits per heavy atom. The number of amides is 1. The molecule has 1 amide bonds. The van der Waals surface area contributed by atoms with E-state index in [1.54, 1.807) is 6.07 Å². The number of carboxylic acids is 1. The van der Waals surface area contributed by atoms with Gasteiger partial charge in [-0.2, -0.15) is 13.2 Å². The van der Waals surface area contributed by atoms with E-state index in [1.165, 1.54) is 29.2 Å². The Balaban J connectivity index is 2.09. The number of likely N-dealkylation sites (tertiary alicyclic amines) is 1. The molecule has 1 aliphatic rings. The van der Waals surface area contributed by atoms with Crippen LogP contribution in [-0.2, 0) is 9.59 Å². The van der Waals surface area contributed by atoms with Crippen LogP contribution in [0.5, 0.6) is 0 Å². The Kier molecular flexibility index (Phi) is 4.73. The van der Waals surface area contributed by atoms with Crippen molar-refractivity contribution in [2.75, 3.05) is 13.1 Å². The van der Waals surface area contributed by atoms with Gasteiger partial charge in [-0.25, -0.2) is 0 Å². The van der Waals surface area contributed by atoms with Crippen molar-refractivity contribution >= 4 is 11.9 Å². The average Bonchev–Trinajstić information content (AvgIpc) is 2.94. The molecule has 1 fully saturated rings. The third kappa shape index (κ3) is 3.78. The first-order valence-corrected chi connectivity index (χ1v) is 6.91. The number of carbonyl (C=O) groups excluding carboxylic acids is 1. The van der Waals surface area contributed by atoms with Crippen LogP contribution < -0.4 is 0 Å². The van der Waals surface area contributed by atoms with Crippen molar-refractivity contribution in [2.24, 2.45) is 5.92 Å². The minimum Gasteiger partial charge on any atom is -0.481 e. The van der Waals surface area contributed by atoms with Gasteiger partial charge in [0.25, 0.3) is 0 Å². The van der Waals surface area contributed by atoms with Gasteiger partial charge in [0.2, 0.25) is 5.91 Å². The summed E-state index contributed by atoms with van der Waals surface area (Å²) in [6, 6.07) is 7.28. The zero-order valence-electron chi connectivity index (χ0n) is 11.7. The van der Waals surface area contributed by atoms with Crippen LogP contribution in [0.4, 0.5) is 13.2 Å².